The molecule has 0 spiro atoms. The summed E-state index contributed by atoms with van der Waals surface area (Å²) in [6, 6.07) is 5.84. The number of piperidine rings is 1. The van der Waals surface area contributed by atoms with Gasteiger partial charge in [-0.3, -0.25) is 4.79 Å². The topological polar surface area (TPSA) is 132 Å². The fourth-order valence-electron chi connectivity index (χ4n) is 3.36. The molecule has 1 amide bonds. The van der Waals surface area contributed by atoms with Crippen molar-refractivity contribution in [3.8, 4) is 0 Å². The molecule has 1 aliphatic rings. The number of sulfonamides is 1. The van der Waals surface area contributed by atoms with Crippen molar-refractivity contribution in [1.82, 2.24) is 5.32 Å². The molecule has 1 fully saturated rings. The standard InChI is InChI=1S/C19H23N3O6S/c1-12-7-10-28-17(12)18(23)21-13-5-8-22(9-6-13)16-4-3-14(29(20,25)26)11-15(16)19(24)27-2/h3-4,7,10-11,13H,5-6,8-9H2,1-2H3,(H,21,23)(H2,20,25,26). The van der Waals surface area contributed by atoms with Gasteiger partial charge in [-0.1, -0.05) is 0 Å². The summed E-state index contributed by atoms with van der Waals surface area (Å²) in [4.78, 5) is 26.3. The van der Waals surface area contributed by atoms with Crippen molar-refractivity contribution in [2.75, 3.05) is 25.1 Å². The molecule has 1 aromatic carbocycles. The van der Waals surface area contributed by atoms with Crippen molar-refractivity contribution in [3.63, 3.8) is 0 Å². The van der Waals surface area contributed by atoms with E-state index in [1.807, 2.05) is 4.90 Å². The van der Waals surface area contributed by atoms with Crippen LogP contribution >= 0.6 is 0 Å². The maximum atomic E-state index is 12.3. The fourth-order valence-corrected chi connectivity index (χ4v) is 3.90. The number of aryl methyl sites for hydroxylation is 1. The second kappa shape index (κ2) is 8.26. The Labute approximate surface area is 168 Å². The molecule has 10 heteroatoms. The Kier molecular flexibility index (Phi) is 5.94. The number of nitrogens with one attached hydrogen (secondary N) is 1. The van der Waals surface area contributed by atoms with Crippen LogP contribution in [0.4, 0.5) is 5.69 Å². The highest BCUT2D eigenvalue weighted by atomic mass is 32.2. The fraction of sp³-hybridized carbons (Fsp3) is 0.368. The highest BCUT2D eigenvalue weighted by Gasteiger charge is 2.26. The Morgan fingerprint density at radius 2 is 1.93 bits per heavy atom. The van der Waals surface area contributed by atoms with Gasteiger partial charge in [-0.15, -0.1) is 0 Å². The van der Waals surface area contributed by atoms with Gasteiger partial charge in [0.15, 0.2) is 5.76 Å². The summed E-state index contributed by atoms with van der Waals surface area (Å²) in [5.74, 6) is -0.591. The lowest BCUT2D eigenvalue weighted by atomic mass is 10.0. The van der Waals surface area contributed by atoms with Crippen LogP contribution in [0.5, 0.6) is 0 Å². The molecule has 9 nitrogen and oxygen atoms in total. The Morgan fingerprint density at radius 1 is 1.24 bits per heavy atom. The van der Waals surface area contributed by atoms with Gasteiger partial charge < -0.3 is 19.4 Å². The van der Waals surface area contributed by atoms with E-state index in [-0.39, 0.29) is 22.4 Å². The molecular formula is C19H23N3O6S. The van der Waals surface area contributed by atoms with Gasteiger partial charge in [0, 0.05) is 24.7 Å². The SMILES string of the molecule is COC(=O)c1cc(S(N)(=O)=O)ccc1N1CCC(NC(=O)c2occc2C)CC1. The van der Waals surface area contributed by atoms with E-state index in [2.05, 4.69) is 5.32 Å². The number of anilines is 1. The Hall–Kier alpha value is -2.85. The first-order chi connectivity index (χ1) is 13.7. The number of carbonyl (C=O) groups is 2. The zero-order valence-corrected chi connectivity index (χ0v) is 17.0. The average Bonchev–Trinajstić information content (AvgIpc) is 3.13. The summed E-state index contributed by atoms with van der Waals surface area (Å²) in [5.41, 5.74) is 1.47. The molecular weight excluding hydrogens is 398 g/mol. The number of carbonyl (C=O) groups excluding carboxylic acids is 2. The number of furan rings is 1. The number of esters is 1. The molecule has 0 unspecified atom stereocenters. The number of hydrogen-bond donors (Lipinski definition) is 2. The summed E-state index contributed by atoms with van der Waals surface area (Å²) in [7, 11) is -2.71. The van der Waals surface area contributed by atoms with Gasteiger partial charge in [0.25, 0.3) is 5.91 Å². The lowest BCUT2D eigenvalue weighted by Gasteiger charge is -2.34. The number of nitrogens with two attached hydrogens (primary N) is 1. The summed E-state index contributed by atoms with van der Waals surface area (Å²) < 4.78 is 33.2. The molecule has 1 aliphatic heterocycles. The van der Waals surface area contributed by atoms with Crippen LogP contribution < -0.4 is 15.4 Å². The molecule has 0 atom stereocenters. The maximum Gasteiger partial charge on any atom is 0.340 e. The third kappa shape index (κ3) is 4.60. The number of methoxy groups -OCH3 is 1. The largest absolute Gasteiger partial charge is 0.465 e. The number of ether oxygens (including phenoxy) is 1. The van der Waals surface area contributed by atoms with Crippen LogP contribution in [0.15, 0.2) is 39.8 Å². The first-order valence-electron chi connectivity index (χ1n) is 9.05. The molecule has 1 aromatic heterocycles. The van der Waals surface area contributed by atoms with Crippen LogP contribution in [-0.2, 0) is 14.8 Å². The number of nitrogens with zero attached hydrogens (tertiary/aromatic N) is 1. The quantitative estimate of drug-likeness (QED) is 0.698. The van der Waals surface area contributed by atoms with E-state index in [9.17, 15) is 18.0 Å². The molecule has 0 aliphatic carbocycles. The van der Waals surface area contributed by atoms with Crippen LogP contribution in [-0.4, -0.2) is 46.5 Å². The van der Waals surface area contributed by atoms with Crippen LogP contribution in [0.3, 0.4) is 0 Å². The third-order valence-electron chi connectivity index (χ3n) is 4.94. The lowest BCUT2D eigenvalue weighted by molar-refractivity contribution is 0.0601. The summed E-state index contributed by atoms with van der Waals surface area (Å²) >= 11 is 0. The Morgan fingerprint density at radius 3 is 2.48 bits per heavy atom. The Bertz CT molecular complexity index is 1020. The summed E-state index contributed by atoms with van der Waals surface area (Å²) in [6.07, 6.45) is 2.79. The summed E-state index contributed by atoms with van der Waals surface area (Å²) in [5, 5.41) is 8.13. The molecule has 3 N–H and O–H groups in total. The van der Waals surface area contributed by atoms with Gasteiger partial charge in [-0.05, 0) is 44.0 Å². The molecule has 156 valence electrons. The molecule has 0 saturated carbocycles. The van der Waals surface area contributed by atoms with Gasteiger partial charge in [0.05, 0.1) is 29.5 Å². The monoisotopic (exact) mass is 421 g/mol. The molecule has 0 bridgehead atoms. The smallest absolute Gasteiger partial charge is 0.340 e. The van der Waals surface area contributed by atoms with E-state index in [0.717, 1.165) is 5.56 Å². The van der Waals surface area contributed by atoms with E-state index >= 15 is 0 Å². The average molecular weight is 421 g/mol. The highest BCUT2D eigenvalue weighted by molar-refractivity contribution is 7.89. The first kappa shape index (κ1) is 20.9. The minimum absolute atomic E-state index is 0.0338. The first-order valence-corrected chi connectivity index (χ1v) is 10.6. The van der Waals surface area contributed by atoms with Gasteiger partial charge in [-0.2, -0.15) is 0 Å². The third-order valence-corrected chi connectivity index (χ3v) is 5.85. The normalized spacial score (nSPS) is 15.2. The van der Waals surface area contributed by atoms with Crippen LogP contribution in [0, 0.1) is 6.92 Å². The number of benzene rings is 1. The predicted octanol–water partition coefficient (Wildman–Crippen LogP) is 1.42. The van der Waals surface area contributed by atoms with E-state index in [1.54, 1.807) is 19.1 Å². The molecule has 2 heterocycles. The molecule has 29 heavy (non-hydrogen) atoms. The van der Waals surface area contributed by atoms with Gasteiger partial charge >= 0.3 is 5.97 Å². The van der Waals surface area contributed by atoms with Crippen molar-refractivity contribution in [3.05, 3.63) is 47.4 Å². The van der Waals surface area contributed by atoms with Crippen molar-refractivity contribution in [2.45, 2.75) is 30.7 Å². The molecule has 0 radical (unpaired) electrons. The zero-order valence-electron chi connectivity index (χ0n) is 16.2. The predicted molar refractivity (Wildman–Crippen MR) is 105 cm³/mol. The van der Waals surface area contributed by atoms with Crippen molar-refractivity contribution < 1.29 is 27.2 Å². The number of rotatable bonds is 5. The minimum atomic E-state index is -3.94. The van der Waals surface area contributed by atoms with Crippen LogP contribution in [0.2, 0.25) is 0 Å². The zero-order chi connectivity index (χ0) is 21.2. The second-order valence-electron chi connectivity index (χ2n) is 6.88. The van der Waals surface area contributed by atoms with E-state index in [1.165, 1.54) is 25.5 Å². The second-order valence-corrected chi connectivity index (χ2v) is 8.44. The maximum absolute atomic E-state index is 12.3. The van der Waals surface area contributed by atoms with E-state index in [4.69, 9.17) is 14.3 Å². The number of primary sulfonamides is 1. The summed E-state index contributed by atoms with van der Waals surface area (Å²) in [6.45, 7) is 2.95. The van der Waals surface area contributed by atoms with Crippen molar-refractivity contribution in [2.24, 2.45) is 5.14 Å². The minimum Gasteiger partial charge on any atom is -0.465 e. The van der Waals surface area contributed by atoms with Gasteiger partial charge in [0.1, 0.15) is 0 Å². The van der Waals surface area contributed by atoms with E-state index in [0.29, 0.717) is 37.4 Å². The van der Waals surface area contributed by atoms with Crippen molar-refractivity contribution in [1.29, 1.82) is 0 Å². The molecule has 2 aromatic rings. The Balaban J connectivity index is 1.72. The molecule has 1 saturated heterocycles. The van der Waals surface area contributed by atoms with Crippen LogP contribution in [0.25, 0.3) is 0 Å². The van der Waals surface area contributed by atoms with Gasteiger partial charge in [-0.25, -0.2) is 18.4 Å². The lowest BCUT2D eigenvalue weighted by Crippen LogP contribution is -2.45. The van der Waals surface area contributed by atoms with Gasteiger partial charge in [0.2, 0.25) is 10.0 Å². The highest BCUT2D eigenvalue weighted by Crippen LogP contribution is 2.27. The van der Waals surface area contributed by atoms with Crippen molar-refractivity contribution >= 4 is 27.6 Å². The number of amides is 1. The van der Waals surface area contributed by atoms with E-state index < -0.39 is 16.0 Å². The molecule has 3 rings (SSSR count). The van der Waals surface area contributed by atoms with Crippen LogP contribution in [0.1, 0.15) is 39.3 Å². The number of hydrogen-bond acceptors (Lipinski definition) is 7.